The van der Waals surface area contributed by atoms with Gasteiger partial charge in [-0.25, -0.2) is 0 Å². The highest BCUT2D eigenvalue weighted by Gasteiger charge is 2.06. The van der Waals surface area contributed by atoms with Gasteiger partial charge < -0.3 is 5.73 Å². The molecule has 1 aromatic rings. The normalized spacial score (nSPS) is 12.5. The van der Waals surface area contributed by atoms with E-state index in [0.29, 0.717) is 6.42 Å². The lowest BCUT2D eigenvalue weighted by Crippen LogP contribution is -2.26. The van der Waals surface area contributed by atoms with Crippen molar-refractivity contribution >= 4 is 5.78 Å². The van der Waals surface area contributed by atoms with Crippen LogP contribution in [0.5, 0.6) is 0 Å². The topological polar surface area (TPSA) is 43.1 Å². The Balaban J connectivity index is 2.40. The van der Waals surface area contributed by atoms with Crippen LogP contribution in [0.4, 0.5) is 0 Å². The summed E-state index contributed by atoms with van der Waals surface area (Å²) in [5, 5.41) is 0. The Morgan fingerprint density at radius 3 is 2.54 bits per heavy atom. The first kappa shape index (κ1) is 9.93. The zero-order valence-electron chi connectivity index (χ0n) is 7.86. The van der Waals surface area contributed by atoms with Crippen molar-refractivity contribution in [3.05, 3.63) is 35.9 Å². The summed E-state index contributed by atoms with van der Waals surface area (Å²) in [5.74, 6) is 0.129. The average Bonchev–Trinajstić information content (AvgIpc) is 2.15. The molecule has 13 heavy (non-hydrogen) atoms. The second kappa shape index (κ2) is 4.77. The summed E-state index contributed by atoms with van der Waals surface area (Å²) >= 11 is 0. The van der Waals surface area contributed by atoms with Gasteiger partial charge in [0.1, 0.15) is 5.78 Å². The van der Waals surface area contributed by atoms with Crippen LogP contribution in [-0.4, -0.2) is 11.8 Å². The molecule has 0 heterocycles. The lowest BCUT2D eigenvalue weighted by molar-refractivity contribution is -0.119. The summed E-state index contributed by atoms with van der Waals surface area (Å²) in [4.78, 5) is 11.2. The predicted molar refractivity (Wildman–Crippen MR) is 53.4 cm³/mol. The Morgan fingerprint density at radius 2 is 2.00 bits per heavy atom. The Morgan fingerprint density at radius 1 is 1.38 bits per heavy atom. The number of benzene rings is 1. The van der Waals surface area contributed by atoms with Crippen molar-refractivity contribution in [2.45, 2.75) is 25.8 Å². The molecule has 1 aromatic carbocycles. The van der Waals surface area contributed by atoms with Crippen LogP contribution in [0.3, 0.4) is 0 Å². The fourth-order valence-electron chi connectivity index (χ4n) is 1.14. The van der Waals surface area contributed by atoms with Crippen molar-refractivity contribution in [2.75, 3.05) is 0 Å². The molecule has 2 nitrogen and oxygen atoms in total. The van der Waals surface area contributed by atoms with E-state index >= 15 is 0 Å². The fraction of sp³-hybridized carbons (Fsp3) is 0.364. The molecular formula is C11H15NO. The third-order valence-electron chi connectivity index (χ3n) is 2.01. The highest BCUT2D eigenvalue weighted by atomic mass is 16.1. The molecule has 0 aromatic heterocycles. The molecule has 1 unspecified atom stereocenters. The zero-order valence-corrected chi connectivity index (χ0v) is 7.86. The first-order valence-corrected chi connectivity index (χ1v) is 4.52. The number of nitrogens with two attached hydrogens (primary N) is 1. The molecule has 0 radical (unpaired) electrons. The Labute approximate surface area is 78.8 Å². The van der Waals surface area contributed by atoms with E-state index in [-0.39, 0.29) is 11.8 Å². The molecule has 70 valence electrons. The number of carbonyl (C=O) groups is 1. The molecule has 2 heteroatoms. The van der Waals surface area contributed by atoms with Gasteiger partial charge in [-0.15, -0.1) is 0 Å². The summed E-state index contributed by atoms with van der Waals surface area (Å²) in [5.41, 5.74) is 6.64. The number of ketones is 1. The van der Waals surface area contributed by atoms with E-state index in [0.717, 1.165) is 6.42 Å². The van der Waals surface area contributed by atoms with Crippen molar-refractivity contribution in [1.29, 1.82) is 0 Å². The second-order valence-electron chi connectivity index (χ2n) is 3.24. The molecule has 0 saturated carbocycles. The minimum atomic E-state index is -0.330. The summed E-state index contributed by atoms with van der Waals surface area (Å²) in [6.07, 6.45) is 1.34. The monoisotopic (exact) mass is 177 g/mol. The van der Waals surface area contributed by atoms with Crippen LogP contribution in [0.2, 0.25) is 0 Å². The SMILES string of the molecule is CC(N)C(=O)CCc1ccccc1. The van der Waals surface area contributed by atoms with Gasteiger partial charge in [-0.3, -0.25) is 4.79 Å². The van der Waals surface area contributed by atoms with Crippen LogP contribution >= 0.6 is 0 Å². The number of aryl methyl sites for hydroxylation is 1. The standard InChI is InChI=1S/C11H15NO/c1-9(12)11(13)8-7-10-5-3-2-4-6-10/h2-6,9H,7-8,12H2,1H3. The maximum Gasteiger partial charge on any atom is 0.149 e. The molecule has 0 aliphatic carbocycles. The fourth-order valence-corrected chi connectivity index (χ4v) is 1.14. The largest absolute Gasteiger partial charge is 0.322 e. The van der Waals surface area contributed by atoms with Crippen LogP contribution < -0.4 is 5.73 Å². The van der Waals surface area contributed by atoms with E-state index < -0.39 is 0 Å². The molecular weight excluding hydrogens is 162 g/mol. The van der Waals surface area contributed by atoms with Gasteiger partial charge in [0.2, 0.25) is 0 Å². The van der Waals surface area contributed by atoms with Crippen LogP contribution in [-0.2, 0) is 11.2 Å². The number of carbonyl (C=O) groups excluding carboxylic acids is 1. The predicted octanol–water partition coefficient (Wildman–Crippen LogP) is 1.54. The van der Waals surface area contributed by atoms with Gasteiger partial charge in [0, 0.05) is 6.42 Å². The van der Waals surface area contributed by atoms with Crippen LogP contribution in [0.1, 0.15) is 18.9 Å². The summed E-state index contributed by atoms with van der Waals surface area (Å²) in [7, 11) is 0. The number of Topliss-reactive ketones (excluding diaryl/α,β-unsaturated/α-hetero) is 1. The van der Waals surface area contributed by atoms with E-state index in [1.54, 1.807) is 6.92 Å². The lowest BCUT2D eigenvalue weighted by atomic mass is 10.1. The second-order valence-corrected chi connectivity index (χ2v) is 3.24. The number of hydrogen-bond acceptors (Lipinski definition) is 2. The van der Waals surface area contributed by atoms with Crippen molar-refractivity contribution < 1.29 is 4.79 Å². The Bertz CT molecular complexity index is 267. The quantitative estimate of drug-likeness (QED) is 0.758. The van der Waals surface area contributed by atoms with Gasteiger partial charge in [-0.05, 0) is 18.9 Å². The molecule has 2 N–H and O–H groups in total. The molecule has 1 rings (SSSR count). The van der Waals surface area contributed by atoms with Crippen molar-refractivity contribution in [2.24, 2.45) is 5.73 Å². The smallest absolute Gasteiger partial charge is 0.149 e. The third-order valence-corrected chi connectivity index (χ3v) is 2.01. The summed E-state index contributed by atoms with van der Waals surface area (Å²) < 4.78 is 0. The molecule has 0 fully saturated rings. The number of rotatable bonds is 4. The zero-order chi connectivity index (χ0) is 9.68. The maximum absolute atomic E-state index is 11.2. The molecule has 0 bridgehead atoms. The van der Waals surface area contributed by atoms with Gasteiger partial charge in [0.05, 0.1) is 6.04 Å². The Kier molecular flexibility index (Phi) is 3.65. The maximum atomic E-state index is 11.2. The van der Waals surface area contributed by atoms with Crippen LogP contribution in [0.25, 0.3) is 0 Å². The number of hydrogen-bond donors (Lipinski definition) is 1. The third kappa shape index (κ3) is 3.38. The highest BCUT2D eigenvalue weighted by molar-refractivity contribution is 5.83. The van der Waals surface area contributed by atoms with Crippen LogP contribution in [0.15, 0.2) is 30.3 Å². The van der Waals surface area contributed by atoms with Gasteiger partial charge in [0.15, 0.2) is 0 Å². The lowest BCUT2D eigenvalue weighted by Gasteiger charge is -2.03. The van der Waals surface area contributed by atoms with E-state index in [2.05, 4.69) is 0 Å². The van der Waals surface area contributed by atoms with Crippen molar-refractivity contribution in [3.8, 4) is 0 Å². The summed E-state index contributed by atoms with van der Waals surface area (Å²) in [6, 6.07) is 9.64. The van der Waals surface area contributed by atoms with E-state index in [4.69, 9.17) is 5.73 Å². The molecule has 0 aliphatic heterocycles. The van der Waals surface area contributed by atoms with Gasteiger partial charge >= 0.3 is 0 Å². The Hall–Kier alpha value is -1.15. The average molecular weight is 177 g/mol. The highest BCUT2D eigenvalue weighted by Crippen LogP contribution is 2.03. The first-order chi connectivity index (χ1) is 6.20. The minimum Gasteiger partial charge on any atom is -0.322 e. The van der Waals surface area contributed by atoms with Gasteiger partial charge in [-0.1, -0.05) is 30.3 Å². The van der Waals surface area contributed by atoms with Crippen LogP contribution in [0, 0.1) is 0 Å². The molecule has 1 atom stereocenters. The summed E-state index contributed by atoms with van der Waals surface area (Å²) in [6.45, 7) is 1.73. The van der Waals surface area contributed by atoms with Gasteiger partial charge in [-0.2, -0.15) is 0 Å². The van der Waals surface area contributed by atoms with E-state index in [1.165, 1.54) is 5.56 Å². The van der Waals surface area contributed by atoms with Crippen molar-refractivity contribution in [1.82, 2.24) is 0 Å². The van der Waals surface area contributed by atoms with Crippen molar-refractivity contribution in [3.63, 3.8) is 0 Å². The first-order valence-electron chi connectivity index (χ1n) is 4.52. The minimum absolute atomic E-state index is 0.129. The molecule has 0 aliphatic rings. The molecule has 0 spiro atoms. The molecule has 0 saturated heterocycles. The van der Waals surface area contributed by atoms with Gasteiger partial charge in [0.25, 0.3) is 0 Å². The van der Waals surface area contributed by atoms with E-state index in [9.17, 15) is 4.79 Å². The molecule has 0 amide bonds. The van der Waals surface area contributed by atoms with E-state index in [1.807, 2.05) is 30.3 Å².